The van der Waals surface area contributed by atoms with Crippen LogP contribution in [-0.4, -0.2) is 21.9 Å². The maximum Gasteiger partial charge on any atom is 0.512 e. The lowest BCUT2D eigenvalue weighted by Gasteiger charge is -2.27. The van der Waals surface area contributed by atoms with Crippen LogP contribution in [-0.2, 0) is 22.1 Å². The van der Waals surface area contributed by atoms with Crippen molar-refractivity contribution < 1.29 is 23.9 Å². The van der Waals surface area contributed by atoms with Gasteiger partial charge in [-0.05, 0) is 11.1 Å². The first-order valence-electron chi connectivity index (χ1n) is 5.04. The number of benzene rings is 1. The molecule has 6 nitrogen and oxygen atoms in total. The largest absolute Gasteiger partial charge is 0.512 e. The molecular weight excluding hydrogens is 245 g/mol. The smallest absolute Gasteiger partial charge is 0.449 e. The van der Waals surface area contributed by atoms with E-state index in [1.54, 1.807) is 0 Å². The number of fused-ring (bicyclic) bond motifs is 1. The SMILES string of the molecule is O=C(O)OP(=O)(O)C1Cc2ccccc2CN1. The van der Waals surface area contributed by atoms with E-state index in [-0.39, 0.29) is 6.42 Å². The normalized spacial score (nSPS) is 22.3. The Kier molecular flexibility index (Phi) is 3.19. The predicted molar refractivity (Wildman–Crippen MR) is 59.7 cm³/mol. The summed E-state index contributed by atoms with van der Waals surface area (Å²) in [5.41, 5.74) is 1.97. The zero-order valence-electron chi connectivity index (χ0n) is 8.87. The van der Waals surface area contributed by atoms with Gasteiger partial charge in [-0.25, -0.2) is 9.36 Å². The van der Waals surface area contributed by atoms with Gasteiger partial charge in [-0.2, -0.15) is 0 Å². The first-order chi connectivity index (χ1) is 7.99. The van der Waals surface area contributed by atoms with E-state index in [0.29, 0.717) is 6.54 Å². The Hall–Kier alpha value is -1.36. The second-order valence-corrected chi connectivity index (χ2v) is 5.73. The van der Waals surface area contributed by atoms with Crippen molar-refractivity contribution in [2.45, 2.75) is 18.7 Å². The Morgan fingerprint density at radius 1 is 1.41 bits per heavy atom. The first kappa shape index (κ1) is 12.1. The third-order valence-electron chi connectivity index (χ3n) is 2.66. The summed E-state index contributed by atoms with van der Waals surface area (Å²) in [4.78, 5) is 19.8. The van der Waals surface area contributed by atoms with Crippen molar-refractivity contribution in [3.63, 3.8) is 0 Å². The lowest BCUT2D eigenvalue weighted by atomic mass is 10.0. The molecular formula is C10H12NO5P. The van der Waals surface area contributed by atoms with Crippen molar-refractivity contribution in [3.05, 3.63) is 35.4 Å². The van der Waals surface area contributed by atoms with E-state index in [9.17, 15) is 14.3 Å². The maximum atomic E-state index is 11.7. The van der Waals surface area contributed by atoms with E-state index < -0.39 is 19.5 Å². The molecule has 0 saturated heterocycles. The Morgan fingerprint density at radius 2 is 2.06 bits per heavy atom. The lowest BCUT2D eigenvalue weighted by Crippen LogP contribution is -2.36. The summed E-state index contributed by atoms with van der Waals surface area (Å²) in [7, 11) is -4.19. The monoisotopic (exact) mass is 257 g/mol. The van der Waals surface area contributed by atoms with Gasteiger partial charge in [0.05, 0.1) is 0 Å². The summed E-state index contributed by atoms with van der Waals surface area (Å²) in [5.74, 6) is -0.881. The van der Waals surface area contributed by atoms with Crippen molar-refractivity contribution in [1.29, 1.82) is 0 Å². The number of carboxylic acid groups (broad SMARTS) is 1. The molecule has 0 aromatic heterocycles. The fourth-order valence-electron chi connectivity index (χ4n) is 1.84. The van der Waals surface area contributed by atoms with Crippen LogP contribution >= 0.6 is 7.60 Å². The highest BCUT2D eigenvalue weighted by atomic mass is 31.2. The van der Waals surface area contributed by atoms with Crippen LogP contribution in [0.1, 0.15) is 11.1 Å². The third-order valence-corrected chi connectivity index (χ3v) is 4.23. The second kappa shape index (κ2) is 4.49. The van der Waals surface area contributed by atoms with Crippen molar-refractivity contribution in [2.75, 3.05) is 0 Å². The van der Waals surface area contributed by atoms with Crippen LogP contribution in [0, 0.1) is 0 Å². The minimum Gasteiger partial charge on any atom is -0.449 e. The van der Waals surface area contributed by atoms with E-state index in [1.807, 2.05) is 24.3 Å². The Bertz CT molecular complexity index is 489. The fourth-order valence-corrected chi connectivity index (χ4v) is 2.94. The van der Waals surface area contributed by atoms with Gasteiger partial charge in [-0.1, -0.05) is 24.3 Å². The van der Waals surface area contributed by atoms with E-state index >= 15 is 0 Å². The summed E-state index contributed by atoms with van der Waals surface area (Å²) in [6.45, 7) is 0.425. The topological polar surface area (TPSA) is 95.9 Å². The lowest BCUT2D eigenvalue weighted by molar-refractivity contribution is 0.136. The molecule has 2 atom stereocenters. The summed E-state index contributed by atoms with van der Waals surface area (Å²) < 4.78 is 15.7. The van der Waals surface area contributed by atoms with Crippen molar-refractivity contribution >= 4 is 13.8 Å². The van der Waals surface area contributed by atoms with Gasteiger partial charge in [0.2, 0.25) is 0 Å². The van der Waals surface area contributed by atoms with Crippen molar-refractivity contribution in [1.82, 2.24) is 5.32 Å². The number of carbonyl (C=O) groups is 1. The van der Waals surface area contributed by atoms with Crippen LogP contribution in [0.3, 0.4) is 0 Å². The molecule has 17 heavy (non-hydrogen) atoms. The molecule has 0 saturated carbocycles. The predicted octanol–water partition coefficient (Wildman–Crippen LogP) is 1.54. The Labute approximate surface area is 97.8 Å². The highest BCUT2D eigenvalue weighted by molar-refractivity contribution is 7.54. The molecule has 0 aliphatic carbocycles. The second-order valence-electron chi connectivity index (χ2n) is 3.79. The molecule has 0 radical (unpaired) electrons. The number of hydrogen-bond donors (Lipinski definition) is 3. The molecule has 0 spiro atoms. The molecule has 1 aliphatic heterocycles. The number of hydrogen-bond acceptors (Lipinski definition) is 4. The minimum absolute atomic E-state index is 0.275. The molecule has 0 fully saturated rings. The quantitative estimate of drug-likeness (QED) is 0.695. The summed E-state index contributed by atoms with van der Waals surface area (Å²) >= 11 is 0. The molecule has 7 heteroatoms. The van der Waals surface area contributed by atoms with E-state index in [4.69, 9.17) is 5.11 Å². The van der Waals surface area contributed by atoms with Crippen LogP contribution in [0.15, 0.2) is 24.3 Å². The Balaban J connectivity index is 2.17. The van der Waals surface area contributed by atoms with E-state index in [1.165, 1.54) is 0 Å². The van der Waals surface area contributed by atoms with Crippen LogP contribution in [0.4, 0.5) is 4.79 Å². The molecule has 1 aromatic rings. The summed E-state index contributed by atoms with van der Waals surface area (Å²) in [6, 6.07) is 7.48. The summed E-state index contributed by atoms with van der Waals surface area (Å²) in [6.07, 6.45) is -1.46. The van der Waals surface area contributed by atoms with Gasteiger partial charge in [-0.15, -0.1) is 0 Å². The molecule has 92 valence electrons. The van der Waals surface area contributed by atoms with Gasteiger partial charge in [0.25, 0.3) is 0 Å². The molecule has 1 aliphatic rings. The van der Waals surface area contributed by atoms with Gasteiger partial charge in [0.1, 0.15) is 5.78 Å². The zero-order valence-corrected chi connectivity index (χ0v) is 9.76. The minimum atomic E-state index is -4.19. The molecule has 1 aromatic carbocycles. The van der Waals surface area contributed by atoms with E-state index in [2.05, 4.69) is 9.84 Å². The standard InChI is InChI=1S/C10H12NO5P/c12-10(13)16-17(14,15)9-5-7-3-1-2-4-8(7)6-11-9/h1-4,9,11H,5-6H2,(H,12,13)(H,14,15). The molecule has 2 rings (SSSR count). The van der Waals surface area contributed by atoms with Gasteiger partial charge in [0.15, 0.2) is 0 Å². The highest BCUT2D eigenvalue weighted by Gasteiger charge is 2.37. The van der Waals surface area contributed by atoms with Gasteiger partial charge in [0, 0.05) is 13.0 Å². The molecule has 2 unspecified atom stereocenters. The first-order valence-corrected chi connectivity index (χ1v) is 6.69. The third kappa shape index (κ3) is 2.66. The number of rotatable bonds is 2. The average Bonchev–Trinajstić information content (AvgIpc) is 2.26. The van der Waals surface area contributed by atoms with Crippen LogP contribution in [0.25, 0.3) is 0 Å². The van der Waals surface area contributed by atoms with Gasteiger partial charge >= 0.3 is 13.8 Å². The molecule has 0 bridgehead atoms. The van der Waals surface area contributed by atoms with Crippen molar-refractivity contribution in [3.8, 4) is 0 Å². The average molecular weight is 257 g/mol. The van der Waals surface area contributed by atoms with Crippen molar-refractivity contribution in [2.24, 2.45) is 0 Å². The van der Waals surface area contributed by atoms with Gasteiger partial charge in [-0.3, -0.25) is 5.32 Å². The van der Waals surface area contributed by atoms with Gasteiger partial charge < -0.3 is 14.5 Å². The van der Waals surface area contributed by atoms with Crippen LogP contribution < -0.4 is 5.32 Å². The Morgan fingerprint density at radius 3 is 2.71 bits per heavy atom. The summed E-state index contributed by atoms with van der Waals surface area (Å²) in [5, 5.41) is 11.2. The van der Waals surface area contributed by atoms with Crippen LogP contribution in [0.2, 0.25) is 0 Å². The fraction of sp³-hybridized carbons (Fsp3) is 0.300. The molecule has 0 amide bonds. The number of nitrogens with one attached hydrogen (secondary N) is 1. The zero-order chi connectivity index (χ0) is 12.5. The molecule has 3 N–H and O–H groups in total. The van der Waals surface area contributed by atoms with E-state index in [0.717, 1.165) is 11.1 Å². The maximum absolute atomic E-state index is 11.7. The van der Waals surface area contributed by atoms with Crippen LogP contribution in [0.5, 0.6) is 0 Å². The molecule has 1 heterocycles. The highest BCUT2D eigenvalue weighted by Crippen LogP contribution is 2.48.